The van der Waals surface area contributed by atoms with Crippen LogP contribution in [0.5, 0.6) is 5.75 Å². The van der Waals surface area contributed by atoms with Gasteiger partial charge in [0.2, 0.25) is 0 Å². The lowest BCUT2D eigenvalue weighted by Crippen LogP contribution is -2.25. The van der Waals surface area contributed by atoms with Gasteiger partial charge in [-0.1, -0.05) is 18.5 Å². The fourth-order valence-corrected chi connectivity index (χ4v) is 2.84. The van der Waals surface area contributed by atoms with Gasteiger partial charge in [0.1, 0.15) is 15.6 Å². The van der Waals surface area contributed by atoms with Crippen LogP contribution in [0.25, 0.3) is 0 Å². The SMILES string of the molecule is CCCNC(CCS(C)(=O)=O)c1cc(Cl)ccc1OC. The summed E-state index contributed by atoms with van der Waals surface area (Å²) in [5, 5.41) is 3.97. The van der Waals surface area contributed by atoms with E-state index in [1.54, 1.807) is 19.2 Å². The van der Waals surface area contributed by atoms with Crippen LogP contribution in [0.1, 0.15) is 31.4 Å². The molecule has 114 valence electrons. The highest BCUT2D eigenvalue weighted by Gasteiger charge is 2.18. The van der Waals surface area contributed by atoms with Crippen LogP contribution in [-0.2, 0) is 9.84 Å². The Morgan fingerprint density at radius 1 is 1.40 bits per heavy atom. The maximum absolute atomic E-state index is 11.4. The summed E-state index contributed by atoms with van der Waals surface area (Å²) < 4.78 is 28.1. The highest BCUT2D eigenvalue weighted by atomic mass is 35.5. The zero-order valence-corrected chi connectivity index (χ0v) is 13.7. The van der Waals surface area contributed by atoms with Crippen LogP contribution in [0.4, 0.5) is 0 Å². The Hall–Kier alpha value is -0.780. The van der Waals surface area contributed by atoms with Crippen LogP contribution in [0.15, 0.2) is 18.2 Å². The molecule has 0 radical (unpaired) electrons. The maximum Gasteiger partial charge on any atom is 0.147 e. The van der Waals surface area contributed by atoms with Gasteiger partial charge in [-0.3, -0.25) is 0 Å². The van der Waals surface area contributed by atoms with Crippen molar-refractivity contribution >= 4 is 21.4 Å². The molecule has 1 atom stereocenters. The lowest BCUT2D eigenvalue weighted by atomic mass is 10.0. The summed E-state index contributed by atoms with van der Waals surface area (Å²) in [7, 11) is -1.40. The highest BCUT2D eigenvalue weighted by Crippen LogP contribution is 2.30. The molecule has 0 bridgehead atoms. The molecule has 1 aromatic carbocycles. The van der Waals surface area contributed by atoms with E-state index in [2.05, 4.69) is 12.2 Å². The average Bonchev–Trinajstić information content (AvgIpc) is 2.37. The van der Waals surface area contributed by atoms with Crippen molar-refractivity contribution in [2.75, 3.05) is 25.7 Å². The third-order valence-corrected chi connectivity index (χ3v) is 4.20. The lowest BCUT2D eigenvalue weighted by molar-refractivity contribution is 0.397. The minimum Gasteiger partial charge on any atom is -0.496 e. The number of nitrogens with one attached hydrogen (secondary N) is 1. The van der Waals surface area contributed by atoms with Gasteiger partial charge in [0.25, 0.3) is 0 Å². The molecule has 1 unspecified atom stereocenters. The van der Waals surface area contributed by atoms with Crippen molar-refractivity contribution in [2.24, 2.45) is 0 Å². The molecule has 0 aliphatic rings. The summed E-state index contributed by atoms with van der Waals surface area (Å²) in [4.78, 5) is 0. The lowest BCUT2D eigenvalue weighted by Gasteiger charge is -2.21. The zero-order chi connectivity index (χ0) is 15.2. The molecule has 1 N–H and O–H groups in total. The van der Waals surface area contributed by atoms with Crippen molar-refractivity contribution in [3.8, 4) is 5.75 Å². The molecule has 1 rings (SSSR count). The van der Waals surface area contributed by atoms with E-state index in [0.717, 1.165) is 24.3 Å². The number of hydrogen-bond donors (Lipinski definition) is 1. The first kappa shape index (κ1) is 17.3. The van der Waals surface area contributed by atoms with Crippen LogP contribution in [-0.4, -0.2) is 34.1 Å². The second kappa shape index (κ2) is 7.86. The Kier molecular flexibility index (Phi) is 6.79. The summed E-state index contributed by atoms with van der Waals surface area (Å²) in [6, 6.07) is 5.31. The fourth-order valence-electron chi connectivity index (χ4n) is 2.00. The molecule has 0 aromatic heterocycles. The van der Waals surface area contributed by atoms with Crippen molar-refractivity contribution in [3.63, 3.8) is 0 Å². The van der Waals surface area contributed by atoms with E-state index in [9.17, 15) is 8.42 Å². The molecule has 0 spiro atoms. The maximum atomic E-state index is 11.4. The second-order valence-electron chi connectivity index (χ2n) is 4.81. The topological polar surface area (TPSA) is 55.4 Å². The Morgan fingerprint density at radius 2 is 2.10 bits per heavy atom. The molecule has 1 aromatic rings. The van der Waals surface area contributed by atoms with Crippen LogP contribution >= 0.6 is 11.6 Å². The van der Waals surface area contributed by atoms with Gasteiger partial charge in [-0.05, 0) is 37.6 Å². The minimum atomic E-state index is -3.00. The van der Waals surface area contributed by atoms with E-state index in [4.69, 9.17) is 16.3 Å². The number of hydrogen-bond acceptors (Lipinski definition) is 4. The molecule has 0 aliphatic carbocycles. The molecule has 0 aliphatic heterocycles. The molecule has 0 amide bonds. The molecule has 0 fully saturated rings. The summed E-state index contributed by atoms with van der Waals surface area (Å²) in [5.41, 5.74) is 0.900. The fraction of sp³-hybridized carbons (Fsp3) is 0.571. The predicted molar refractivity (Wildman–Crippen MR) is 83.4 cm³/mol. The largest absolute Gasteiger partial charge is 0.496 e. The van der Waals surface area contributed by atoms with Gasteiger partial charge in [-0.15, -0.1) is 0 Å². The number of ether oxygens (including phenoxy) is 1. The molecule has 0 saturated heterocycles. The van der Waals surface area contributed by atoms with Crippen molar-refractivity contribution in [2.45, 2.75) is 25.8 Å². The second-order valence-corrected chi connectivity index (χ2v) is 7.51. The first-order valence-corrected chi connectivity index (χ1v) is 9.05. The van der Waals surface area contributed by atoms with Crippen LogP contribution < -0.4 is 10.1 Å². The first-order chi connectivity index (χ1) is 9.37. The number of sulfone groups is 1. The summed E-state index contributed by atoms with van der Waals surface area (Å²) in [6.07, 6.45) is 2.72. The standard InChI is InChI=1S/C14H22ClNO3S/c1-4-8-16-13(7-9-20(3,17)18)12-10-11(15)5-6-14(12)19-2/h5-6,10,13,16H,4,7-9H2,1-3H3. The smallest absolute Gasteiger partial charge is 0.147 e. The van der Waals surface area contributed by atoms with Crippen molar-refractivity contribution in [1.82, 2.24) is 5.32 Å². The van der Waals surface area contributed by atoms with E-state index in [1.807, 2.05) is 6.07 Å². The zero-order valence-electron chi connectivity index (χ0n) is 12.1. The van der Waals surface area contributed by atoms with Crippen molar-refractivity contribution in [3.05, 3.63) is 28.8 Å². The van der Waals surface area contributed by atoms with E-state index in [-0.39, 0.29) is 11.8 Å². The Morgan fingerprint density at radius 3 is 2.65 bits per heavy atom. The molecular weight excluding hydrogens is 298 g/mol. The minimum absolute atomic E-state index is 0.0849. The van der Waals surface area contributed by atoms with E-state index in [1.165, 1.54) is 6.26 Å². The molecule has 0 saturated carbocycles. The normalized spacial score (nSPS) is 13.2. The van der Waals surface area contributed by atoms with Crippen molar-refractivity contribution < 1.29 is 13.2 Å². The van der Waals surface area contributed by atoms with Crippen LogP contribution in [0.2, 0.25) is 5.02 Å². The van der Waals surface area contributed by atoms with Gasteiger partial charge < -0.3 is 10.1 Å². The van der Waals surface area contributed by atoms with E-state index >= 15 is 0 Å². The third-order valence-electron chi connectivity index (χ3n) is 2.99. The van der Waals surface area contributed by atoms with E-state index < -0.39 is 9.84 Å². The van der Waals surface area contributed by atoms with Crippen LogP contribution in [0.3, 0.4) is 0 Å². The molecule has 6 heteroatoms. The van der Waals surface area contributed by atoms with Gasteiger partial charge in [-0.25, -0.2) is 8.42 Å². The van der Waals surface area contributed by atoms with Crippen LogP contribution in [0, 0.1) is 0 Å². The summed E-state index contributed by atoms with van der Waals surface area (Å²) >= 11 is 6.04. The molecule has 0 heterocycles. The van der Waals surface area contributed by atoms with Gasteiger partial charge in [0, 0.05) is 22.9 Å². The average molecular weight is 320 g/mol. The van der Waals surface area contributed by atoms with Gasteiger partial charge in [0.15, 0.2) is 0 Å². The Bertz CT molecular complexity index is 531. The molecule has 20 heavy (non-hydrogen) atoms. The number of methoxy groups -OCH3 is 1. The monoisotopic (exact) mass is 319 g/mol. The molecule has 4 nitrogen and oxygen atoms in total. The van der Waals surface area contributed by atoms with Gasteiger partial charge >= 0.3 is 0 Å². The number of rotatable bonds is 8. The summed E-state index contributed by atoms with van der Waals surface area (Å²) in [5.74, 6) is 0.848. The van der Waals surface area contributed by atoms with E-state index in [0.29, 0.717) is 11.4 Å². The Labute approximate surface area is 126 Å². The predicted octanol–water partition coefficient (Wildman–Crippen LogP) is 2.82. The first-order valence-electron chi connectivity index (χ1n) is 6.62. The Balaban J connectivity index is 2.99. The van der Waals surface area contributed by atoms with Gasteiger partial charge in [0.05, 0.1) is 12.9 Å². The highest BCUT2D eigenvalue weighted by molar-refractivity contribution is 7.90. The third kappa shape index (κ3) is 5.69. The summed E-state index contributed by atoms with van der Waals surface area (Å²) in [6.45, 7) is 2.87. The number of halogens is 1. The van der Waals surface area contributed by atoms with Crippen molar-refractivity contribution in [1.29, 1.82) is 0 Å². The molecular formula is C14H22ClNO3S. The van der Waals surface area contributed by atoms with Gasteiger partial charge in [-0.2, -0.15) is 0 Å². The number of benzene rings is 1. The quantitative estimate of drug-likeness (QED) is 0.800.